The molecule has 18 heavy (non-hydrogen) atoms. The molecule has 3 nitrogen and oxygen atoms in total. The molecule has 7 heteroatoms. The van der Waals surface area contributed by atoms with E-state index < -0.39 is 30.6 Å². The molecule has 0 bridgehead atoms. The first-order chi connectivity index (χ1) is 8.35. The van der Waals surface area contributed by atoms with Gasteiger partial charge in [0.2, 0.25) is 0 Å². The number of benzene rings is 1. The summed E-state index contributed by atoms with van der Waals surface area (Å²) in [6.45, 7) is -0.759. The predicted molar refractivity (Wildman–Crippen MR) is 54.7 cm³/mol. The zero-order valence-corrected chi connectivity index (χ0v) is 9.00. The second-order valence-corrected chi connectivity index (χ2v) is 3.40. The van der Waals surface area contributed by atoms with Crippen molar-refractivity contribution in [3.05, 3.63) is 35.9 Å². The van der Waals surface area contributed by atoms with E-state index in [0.29, 0.717) is 0 Å². The highest BCUT2D eigenvalue weighted by Gasteiger charge is 2.48. The molecule has 0 heterocycles. The van der Waals surface area contributed by atoms with E-state index in [1.165, 1.54) is 17.4 Å². The zero-order valence-electron chi connectivity index (χ0n) is 9.00. The van der Waals surface area contributed by atoms with Crippen molar-refractivity contribution in [2.24, 2.45) is 0 Å². The maximum Gasteiger partial charge on any atom is 0.383 e. The molecule has 98 valence electrons. The molecule has 0 unspecified atom stereocenters. The van der Waals surface area contributed by atoms with Crippen LogP contribution in [0.1, 0.15) is 10.4 Å². The van der Waals surface area contributed by atoms with E-state index in [0.717, 1.165) is 0 Å². The Labute approximate surface area is 99.8 Å². The largest absolute Gasteiger partial charge is 0.383 e. The highest BCUT2D eigenvalue weighted by atomic mass is 19.3. The first kappa shape index (κ1) is 14.1. The molecule has 1 rings (SSSR count). The summed E-state index contributed by atoms with van der Waals surface area (Å²) >= 11 is 0. The van der Waals surface area contributed by atoms with E-state index in [1.54, 1.807) is 18.2 Å². The van der Waals surface area contributed by atoms with Gasteiger partial charge in [-0.05, 0) is 0 Å². The van der Waals surface area contributed by atoms with E-state index in [2.05, 4.69) is 0 Å². The molecule has 0 spiro atoms. The summed E-state index contributed by atoms with van der Waals surface area (Å²) < 4.78 is 48.7. The summed E-state index contributed by atoms with van der Waals surface area (Å²) in [6, 6.07) is 7.56. The van der Waals surface area contributed by atoms with Crippen LogP contribution in [0.25, 0.3) is 0 Å². The Morgan fingerprint density at radius 1 is 1.17 bits per heavy atom. The number of hydrogen-bond donors (Lipinski definition) is 1. The number of amides is 1. The summed E-state index contributed by atoms with van der Waals surface area (Å²) in [5.41, 5.74) is 0.193. The third kappa shape index (κ3) is 3.28. The second-order valence-electron chi connectivity index (χ2n) is 3.40. The molecule has 1 aromatic rings. The van der Waals surface area contributed by atoms with Crippen LogP contribution in [-0.4, -0.2) is 30.6 Å². The average Bonchev–Trinajstić information content (AvgIpc) is 2.36. The van der Waals surface area contributed by atoms with E-state index >= 15 is 0 Å². The Kier molecular flexibility index (Phi) is 4.41. The van der Waals surface area contributed by atoms with Gasteiger partial charge in [0.25, 0.3) is 5.91 Å². The molecule has 1 N–H and O–H groups in total. The van der Waals surface area contributed by atoms with Gasteiger partial charge < -0.3 is 5.32 Å². The van der Waals surface area contributed by atoms with Crippen LogP contribution in [-0.2, 0) is 4.79 Å². The first-order valence-electron chi connectivity index (χ1n) is 4.88. The highest BCUT2D eigenvalue weighted by molar-refractivity contribution is 5.99. The number of carbonyl (C=O) groups excluding carboxylic acids is 2. The molecule has 0 saturated heterocycles. The zero-order chi connectivity index (χ0) is 13.8. The van der Waals surface area contributed by atoms with E-state index in [9.17, 15) is 27.2 Å². The molecule has 0 fully saturated rings. The lowest BCUT2D eigenvalue weighted by atomic mass is 10.1. The van der Waals surface area contributed by atoms with Crippen molar-refractivity contribution in [3.8, 4) is 0 Å². The van der Waals surface area contributed by atoms with E-state index in [-0.39, 0.29) is 5.56 Å². The van der Waals surface area contributed by atoms with Crippen molar-refractivity contribution in [3.63, 3.8) is 0 Å². The summed E-state index contributed by atoms with van der Waals surface area (Å²) in [4.78, 5) is 22.1. The third-order valence-corrected chi connectivity index (χ3v) is 2.08. The van der Waals surface area contributed by atoms with Crippen LogP contribution < -0.4 is 5.32 Å². The van der Waals surface area contributed by atoms with Crippen LogP contribution in [0.3, 0.4) is 0 Å². The lowest BCUT2D eigenvalue weighted by Crippen LogP contribution is -2.46. The Bertz CT molecular complexity index is 434. The van der Waals surface area contributed by atoms with Gasteiger partial charge in [0.05, 0.1) is 6.54 Å². The van der Waals surface area contributed by atoms with Gasteiger partial charge in [-0.2, -0.15) is 8.78 Å². The fourth-order valence-corrected chi connectivity index (χ4v) is 1.10. The Hall–Kier alpha value is -1.92. The molecule has 0 aromatic heterocycles. The van der Waals surface area contributed by atoms with Crippen molar-refractivity contribution >= 4 is 11.7 Å². The number of alkyl halides is 4. The van der Waals surface area contributed by atoms with Crippen molar-refractivity contribution in [1.82, 2.24) is 5.32 Å². The topological polar surface area (TPSA) is 46.2 Å². The minimum Gasteiger partial charge on any atom is -0.343 e. The average molecular weight is 263 g/mol. The molecule has 0 aliphatic rings. The number of halogens is 4. The number of hydrogen-bond acceptors (Lipinski definition) is 2. The van der Waals surface area contributed by atoms with Gasteiger partial charge in [0.15, 0.2) is 5.78 Å². The monoisotopic (exact) mass is 263 g/mol. The van der Waals surface area contributed by atoms with Crippen LogP contribution in [0, 0.1) is 0 Å². The molecule has 0 atom stereocenters. The van der Waals surface area contributed by atoms with Crippen molar-refractivity contribution in [1.29, 1.82) is 0 Å². The molecular weight excluding hydrogens is 254 g/mol. The molecule has 0 radical (unpaired) electrons. The standard InChI is InChI=1S/C11H9F4NO2/c12-9(13)11(14,15)10(18)16-6-8(17)7-4-2-1-3-5-7/h1-5,9H,6H2,(H,16,18). The first-order valence-corrected chi connectivity index (χ1v) is 4.88. The normalized spacial score (nSPS) is 11.4. The Morgan fingerprint density at radius 2 is 1.72 bits per heavy atom. The fourth-order valence-electron chi connectivity index (χ4n) is 1.10. The minimum absolute atomic E-state index is 0.193. The highest BCUT2D eigenvalue weighted by Crippen LogP contribution is 2.22. The SMILES string of the molecule is O=C(CNC(=O)C(F)(F)C(F)F)c1ccccc1. The molecular formula is C11H9F4NO2. The number of carbonyl (C=O) groups is 2. The number of Topliss-reactive ketones (excluding diaryl/α,β-unsaturated/α-hetero) is 1. The lowest BCUT2D eigenvalue weighted by molar-refractivity contribution is -0.169. The van der Waals surface area contributed by atoms with Crippen LogP contribution in [0.4, 0.5) is 17.6 Å². The molecule has 0 aliphatic carbocycles. The quantitative estimate of drug-likeness (QED) is 0.651. The van der Waals surface area contributed by atoms with Crippen molar-refractivity contribution in [2.45, 2.75) is 12.3 Å². The van der Waals surface area contributed by atoms with Gasteiger partial charge in [-0.3, -0.25) is 9.59 Å². The summed E-state index contributed by atoms with van der Waals surface area (Å²) in [7, 11) is 0. The third-order valence-electron chi connectivity index (χ3n) is 2.08. The minimum atomic E-state index is -4.79. The van der Waals surface area contributed by atoms with Gasteiger partial charge in [-0.1, -0.05) is 30.3 Å². The number of ketones is 1. The summed E-state index contributed by atoms with van der Waals surface area (Å²) in [5.74, 6) is -7.60. The van der Waals surface area contributed by atoms with Crippen molar-refractivity contribution < 1.29 is 27.2 Å². The summed E-state index contributed by atoms with van der Waals surface area (Å²) in [6.07, 6.45) is -4.11. The van der Waals surface area contributed by atoms with Crippen LogP contribution in [0.5, 0.6) is 0 Å². The van der Waals surface area contributed by atoms with Gasteiger partial charge in [-0.15, -0.1) is 0 Å². The Morgan fingerprint density at radius 3 is 2.22 bits per heavy atom. The van der Waals surface area contributed by atoms with E-state index in [4.69, 9.17) is 0 Å². The Balaban J connectivity index is 2.57. The van der Waals surface area contributed by atoms with Gasteiger partial charge in [0, 0.05) is 5.56 Å². The maximum atomic E-state index is 12.5. The van der Waals surface area contributed by atoms with Gasteiger partial charge in [-0.25, -0.2) is 8.78 Å². The second kappa shape index (κ2) is 5.61. The predicted octanol–water partition coefficient (Wildman–Crippen LogP) is 1.89. The fraction of sp³-hybridized carbons (Fsp3) is 0.273. The smallest absolute Gasteiger partial charge is 0.343 e. The van der Waals surface area contributed by atoms with E-state index in [1.807, 2.05) is 0 Å². The number of rotatable bonds is 5. The number of nitrogens with one attached hydrogen (secondary N) is 1. The van der Waals surface area contributed by atoms with Gasteiger partial charge in [0.1, 0.15) is 0 Å². The van der Waals surface area contributed by atoms with Gasteiger partial charge >= 0.3 is 12.3 Å². The van der Waals surface area contributed by atoms with Crippen LogP contribution in [0.2, 0.25) is 0 Å². The van der Waals surface area contributed by atoms with Crippen LogP contribution >= 0.6 is 0 Å². The lowest BCUT2D eigenvalue weighted by Gasteiger charge is -2.14. The summed E-state index contributed by atoms with van der Waals surface area (Å²) in [5, 5.41) is 1.48. The maximum absolute atomic E-state index is 12.5. The molecule has 0 aliphatic heterocycles. The molecule has 0 saturated carbocycles. The molecule has 1 aromatic carbocycles. The van der Waals surface area contributed by atoms with Crippen LogP contribution in [0.15, 0.2) is 30.3 Å². The molecule has 1 amide bonds. The van der Waals surface area contributed by atoms with Crippen molar-refractivity contribution in [2.75, 3.05) is 6.54 Å².